The first-order valence-electron chi connectivity index (χ1n) is 4.94. The molecular weight excluding hydrogens is 200 g/mol. The number of ether oxygens (including phenoxy) is 1. The molecule has 0 aliphatic carbocycles. The number of hydrogen-bond donors (Lipinski definition) is 1. The average Bonchev–Trinajstić information content (AvgIpc) is 2.30. The van der Waals surface area contributed by atoms with E-state index < -0.39 is 6.29 Å². The van der Waals surface area contributed by atoms with E-state index in [0.717, 1.165) is 5.57 Å². The van der Waals surface area contributed by atoms with Crippen molar-refractivity contribution in [3.63, 3.8) is 0 Å². The molecule has 0 radical (unpaired) electrons. The van der Waals surface area contributed by atoms with Gasteiger partial charge in [0.25, 0.3) is 0 Å². The predicted molar refractivity (Wildman–Crippen MR) is 68.9 cm³/mol. The van der Waals surface area contributed by atoms with Crippen LogP contribution in [0.1, 0.15) is 0 Å². The standard InChI is InChI=1S/C14H18O2/c1-4-7-8-9-11-14(15)16-12-13(6-3)10-5-2/h4-11,14-15H,1-3,12H2/b8-7-,11-9+,13-10+. The molecule has 0 heterocycles. The third-order valence-corrected chi connectivity index (χ3v) is 1.65. The lowest BCUT2D eigenvalue weighted by molar-refractivity contribution is -0.0539. The minimum Gasteiger partial charge on any atom is -0.365 e. The van der Waals surface area contributed by atoms with Gasteiger partial charge in [0.05, 0.1) is 6.61 Å². The maximum Gasteiger partial charge on any atom is 0.174 e. The molecule has 2 heteroatoms. The fraction of sp³-hybridized carbons (Fsp3) is 0.143. The molecule has 0 aromatic heterocycles. The first-order chi connectivity index (χ1) is 7.74. The second-order valence-corrected chi connectivity index (χ2v) is 2.89. The summed E-state index contributed by atoms with van der Waals surface area (Å²) in [6, 6.07) is 0. The third-order valence-electron chi connectivity index (χ3n) is 1.65. The Morgan fingerprint density at radius 1 is 1.12 bits per heavy atom. The summed E-state index contributed by atoms with van der Waals surface area (Å²) in [5.41, 5.74) is 0.865. The van der Waals surface area contributed by atoms with Crippen molar-refractivity contribution in [1.29, 1.82) is 0 Å². The highest BCUT2D eigenvalue weighted by Crippen LogP contribution is 2.00. The highest BCUT2D eigenvalue weighted by Gasteiger charge is 1.98. The van der Waals surface area contributed by atoms with E-state index in [0.29, 0.717) is 6.61 Å². The van der Waals surface area contributed by atoms with Gasteiger partial charge in [-0.3, -0.25) is 0 Å². The van der Waals surface area contributed by atoms with Gasteiger partial charge in [0.1, 0.15) is 0 Å². The molecule has 86 valence electrons. The maximum atomic E-state index is 9.41. The second-order valence-electron chi connectivity index (χ2n) is 2.89. The van der Waals surface area contributed by atoms with Crippen molar-refractivity contribution in [3.8, 4) is 0 Å². The zero-order chi connectivity index (χ0) is 12.2. The van der Waals surface area contributed by atoms with Crippen LogP contribution in [-0.2, 0) is 4.74 Å². The Balaban J connectivity index is 4.01. The number of aliphatic hydroxyl groups is 1. The monoisotopic (exact) mass is 218 g/mol. The van der Waals surface area contributed by atoms with Crippen molar-refractivity contribution in [2.45, 2.75) is 6.29 Å². The zero-order valence-corrected chi connectivity index (χ0v) is 9.38. The van der Waals surface area contributed by atoms with Crippen molar-refractivity contribution < 1.29 is 9.84 Å². The summed E-state index contributed by atoms with van der Waals surface area (Å²) in [4.78, 5) is 0. The van der Waals surface area contributed by atoms with Crippen LogP contribution in [-0.4, -0.2) is 18.0 Å². The Morgan fingerprint density at radius 2 is 1.88 bits per heavy atom. The summed E-state index contributed by atoms with van der Waals surface area (Å²) in [6.45, 7) is 11.0. The average molecular weight is 218 g/mol. The lowest BCUT2D eigenvalue weighted by atomic mass is 10.2. The minimum absolute atomic E-state index is 0.298. The molecule has 1 N–H and O–H groups in total. The fourth-order valence-electron chi connectivity index (χ4n) is 0.866. The zero-order valence-electron chi connectivity index (χ0n) is 9.38. The molecular formula is C14H18O2. The molecule has 0 spiro atoms. The number of aliphatic hydroxyl groups excluding tert-OH is 1. The van der Waals surface area contributed by atoms with E-state index in [1.54, 1.807) is 42.5 Å². The van der Waals surface area contributed by atoms with Gasteiger partial charge in [-0.1, -0.05) is 62.3 Å². The van der Waals surface area contributed by atoms with E-state index in [4.69, 9.17) is 4.74 Å². The Morgan fingerprint density at radius 3 is 2.44 bits per heavy atom. The number of hydrogen-bond acceptors (Lipinski definition) is 2. The van der Waals surface area contributed by atoms with Crippen LogP contribution in [0.5, 0.6) is 0 Å². The molecule has 0 aliphatic heterocycles. The molecule has 2 nitrogen and oxygen atoms in total. The van der Waals surface area contributed by atoms with Crippen molar-refractivity contribution in [2.75, 3.05) is 6.61 Å². The van der Waals surface area contributed by atoms with Gasteiger partial charge in [-0.25, -0.2) is 0 Å². The topological polar surface area (TPSA) is 29.5 Å². The molecule has 0 aromatic carbocycles. The maximum absolute atomic E-state index is 9.41. The Hall–Kier alpha value is -1.64. The third kappa shape index (κ3) is 7.74. The van der Waals surface area contributed by atoms with Gasteiger partial charge in [0.2, 0.25) is 0 Å². The predicted octanol–water partition coefficient (Wildman–Crippen LogP) is 2.92. The van der Waals surface area contributed by atoms with Crippen molar-refractivity contribution in [2.24, 2.45) is 0 Å². The van der Waals surface area contributed by atoms with Crippen LogP contribution in [0.25, 0.3) is 0 Å². The summed E-state index contributed by atoms with van der Waals surface area (Å²) in [5, 5.41) is 9.41. The summed E-state index contributed by atoms with van der Waals surface area (Å²) >= 11 is 0. The van der Waals surface area contributed by atoms with Gasteiger partial charge in [-0.2, -0.15) is 0 Å². The summed E-state index contributed by atoms with van der Waals surface area (Å²) in [5.74, 6) is 0. The van der Waals surface area contributed by atoms with Crippen LogP contribution in [0.15, 0.2) is 73.9 Å². The molecule has 0 fully saturated rings. The van der Waals surface area contributed by atoms with Crippen LogP contribution in [0.2, 0.25) is 0 Å². The smallest absolute Gasteiger partial charge is 0.174 e. The largest absolute Gasteiger partial charge is 0.365 e. The van der Waals surface area contributed by atoms with E-state index in [1.807, 2.05) is 0 Å². The van der Waals surface area contributed by atoms with Gasteiger partial charge in [0, 0.05) is 0 Å². The van der Waals surface area contributed by atoms with Crippen molar-refractivity contribution in [1.82, 2.24) is 0 Å². The lowest BCUT2D eigenvalue weighted by Gasteiger charge is -2.07. The molecule has 1 unspecified atom stereocenters. The van der Waals surface area contributed by atoms with E-state index in [1.165, 1.54) is 6.08 Å². The summed E-state index contributed by atoms with van der Waals surface area (Å²) in [6.07, 6.45) is 12.6. The van der Waals surface area contributed by atoms with E-state index >= 15 is 0 Å². The van der Waals surface area contributed by atoms with E-state index in [9.17, 15) is 5.11 Å². The molecule has 0 bridgehead atoms. The Kier molecular flexibility index (Phi) is 8.88. The number of allylic oxidation sites excluding steroid dienone is 6. The van der Waals surface area contributed by atoms with Gasteiger partial charge in [-0.15, -0.1) is 0 Å². The SMILES string of the molecule is C=C/C=C\C=C\C(O)OC/C(C=C)=C/C=C. The van der Waals surface area contributed by atoms with Crippen LogP contribution >= 0.6 is 0 Å². The quantitative estimate of drug-likeness (QED) is 0.501. The van der Waals surface area contributed by atoms with Gasteiger partial charge in [-0.05, 0) is 11.6 Å². The molecule has 0 saturated carbocycles. The van der Waals surface area contributed by atoms with E-state index in [2.05, 4.69) is 19.7 Å². The summed E-state index contributed by atoms with van der Waals surface area (Å²) < 4.78 is 5.15. The van der Waals surface area contributed by atoms with Gasteiger partial charge >= 0.3 is 0 Å². The van der Waals surface area contributed by atoms with Crippen molar-refractivity contribution >= 4 is 0 Å². The van der Waals surface area contributed by atoms with Crippen LogP contribution in [0, 0.1) is 0 Å². The lowest BCUT2D eigenvalue weighted by Crippen LogP contribution is -2.10. The second kappa shape index (κ2) is 9.90. The molecule has 0 rings (SSSR count). The van der Waals surface area contributed by atoms with Crippen molar-refractivity contribution in [3.05, 3.63) is 73.9 Å². The van der Waals surface area contributed by atoms with Gasteiger partial charge in [0.15, 0.2) is 6.29 Å². The fourth-order valence-corrected chi connectivity index (χ4v) is 0.866. The van der Waals surface area contributed by atoms with Gasteiger partial charge < -0.3 is 9.84 Å². The van der Waals surface area contributed by atoms with E-state index in [-0.39, 0.29) is 0 Å². The minimum atomic E-state index is -0.928. The Bertz CT molecular complexity index is 309. The first-order valence-corrected chi connectivity index (χ1v) is 4.94. The highest BCUT2D eigenvalue weighted by atomic mass is 16.6. The Labute approximate surface area is 97.3 Å². The molecule has 0 aliphatic rings. The molecule has 0 aromatic rings. The van der Waals surface area contributed by atoms with Crippen LogP contribution in [0.4, 0.5) is 0 Å². The van der Waals surface area contributed by atoms with Crippen LogP contribution in [0.3, 0.4) is 0 Å². The van der Waals surface area contributed by atoms with Crippen LogP contribution < -0.4 is 0 Å². The molecule has 1 atom stereocenters. The summed E-state index contributed by atoms with van der Waals surface area (Å²) in [7, 11) is 0. The molecule has 16 heavy (non-hydrogen) atoms. The number of rotatable bonds is 8. The normalized spacial score (nSPS) is 14.2. The first kappa shape index (κ1) is 14.4. The molecule has 0 amide bonds. The highest BCUT2D eigenvalue weighted by molar-refractivity contribution is 5.21. The molecule has 0 saturated heterocycles.